The van der Waals surface area contributed by atoms with Crippen LogP contribution in [-0.4, -0.2) is 30.6 Å². The Bertz CT molecular complexity index is 369. The van der Waals surface area contributed by atoms with E-state index in [1.807, 2.05) is 0 Å². The third kappa shape index (κ3) is 5.15. The lowest BCUT2D eigenvalue weighted by Crippen LogP contribution is -2.28. The van der Waals surface area contributed by atoms with Crippen molar-refractivity contribution < 1.29 is 9.53 Å². The van der Waals surface area contributed by atoms with Crippen LogP contribution in [0.4, 0.5) is 0 Å². The van der Waals surface area contributed by atoms with E-state index in [9.17, 15) is 4.79 Å². The van der Waals surface area contributed by atoms with Crippen molar-refractivity contribution in [2.75, 3.05) is 19.8 Å². The van der Waals surface area contributed by atoms with Crippen LogP contribution in [0, 0.1) is 5.92 Å². The first-order valence-electron chi connectivity index (χ1n) is 5.56. The van der Waals surface area contributed by atoms with Crippen molar-refractivity contribution in [1.82, 2.24) is 10.3 Å². The van der Waals surface area contributed by atoms with Gasteiger partial charge in [-0.15, -0.1) is 0 Å². The van der Waals surface area contributed by atoms with Crippen LogP contribution in [0.15, 0.2) is 18.5 Å². The topological polar surface area (TPSA) is 51.2 Å². The summed E-state index contributed by atoms with van der Waals surface area (Å²) in [4.78, 5) is 15.5. The van der Waals surface area contributed by atoms with E-state index in [-0.39, 0.29) is 5.91 Å². The van der Waals surface area contributed by atoms with Crippen molar-refractivity contribution in [3.63, 3.8) is 0 Å². The van der Waals surface area contributed by atoms with Gasteiger partial charge in [0.1, 0.15) is 0 Å². The third-order valence-corrected chi connectivity index (χ3v) is 2.33. The Labute approximate surface area is 106 Å². The molecule has 0 saturated carbocycles. The van der Waals surface area contributed by atoms with Crippen molar-refractivity contribution in [1.29, 1.82) is 0 Å². The van der Waals surface area contributed by atoms with Gasteiger partial charge < -0.3 is 10.1 Å². The summed E-state index contributed by atoms with van der Waals surface area (Å²) >= 11 is 5.87. The molecule has 1 heterocycles. The zero-order valence-electron chi connectivity index (χ0n) is 10.1. The maximum absolute atomic E-state index is 11.7. The van der Waals surface area contributed by atoms with Crippen LogP contribution in [0.3, 0.4) is 0 Å². The van der Waals surface area contributed by atoms with Gasteiger partial charge in [0.15, 0.2) is 0 Å². The Balaban J connectivity index is 2.29. The lowest BCUT2D eigenvalue weighted by atomic mass is 10.2. The van der Waals surface area contributed by atoms with Gasteiger partial charge in [-0.1, -0.05) is 25.4 Å². The highest BCUT2D eigenvalue weighted by Crippen LogP contribution is 2.12. The SMILES string of the molecule is CC(C)COCCNC(=O)c1cnccc1Cl. The number of hydrogen-bond donors (Lipinski definition) is 1. The lowest BCUT2D eigenvalue weighted by Gasteiger charge is -2.08. The van der Waals surface area contributed by atoms with Crippen LogP contribution in [0.5, 0.6) is 0 Å². The van der Waals surface area contributed by atoms with Gasteiger partial charge >= 0.3 is 0 Å². The second-order valence-electron chi connectivity index (χ2n) is 4.08. The molecule has 0 radical (unpaired) electrons. The first-order valence-corrected chi connectivity index (χ1v) is 5.94. The highest BCUT2D eigenvalue weighted by atomic mass is 35.5. The number of rotatable bonds is 6. The van der Waals surface area contributed by atoms with Gasteiger partial charge in [-0.25, -0.2) is 0 Å². The van der Waals surface area contributed by atoms with Gasteiger partial charge in [0, 0.05) is 25.5 Å². The first-order chi connectivity index (χ1) is 8.11. The minimum atomic E-state index is -0.226. The van der Waals surface area contributed by atoms with E-state index in [1.54, 1.807) is 12.3 Å². The molecule has 1 rings (SSSR count). The molecule has 0 spiro atoms. The molecule has 0 aliphatic rings. The molecule has 0 saturated heterocycles. The van der Waals surface area contributed by atoms with E-state index in [1.165, 1.54) is 6.20 Å². The van der Waals surface area contributed by atoms with Crippen LogP contribution >= 0.6 is 11.6 Å². The average Bonchev–Trinajstić information content (AvgIpc) is 2.28. The van der Waals surface area contributed by atoms with Gasteiger partial charge in [-0.05, 0) is 12.0 Å². The van der Waals surface area contributed by atoms with Crippen molar-refractivity contribution in [2.45, 2.75) is 13.8 Å². The highest BCUT2D eigenvalue weighted by Gasteiger charge is 2.08. The number of amides is 1. The lowest BCUT2D eigenvalue weighted by molar-refractivity contribution is 0.0886. The van der Waals surface area contributed by atoms with Crippen LogP contribution in [-0.2, 0) is 4.74 Å². The Morgan fingerprint density at radius 1 is 1.59 bits per heavy atom. The molecule has 0 unspecified atom stereocenters. The van der Waals surface area contributed by atoms with Gasteiger partial charge in [0.05, 0.1) is 17.2 Å². The Morgan fingerprint density at radius 3 is 3.00 bits per heavy atom. The van der Waals surface area contributed by atoms with Crippen molar-refractivity contribution in [3.05, 3.63) is 29.0 Å². The molecule has 1 N–H and O–H groups in total. The molecule has 5 heteroatoms. The second kappa shape index (κ2) is 7.25. The molecule has 1 aromatic heterocycles. The predicted molar refractivity (Wildman–Crippen MR) is 67.2 cm³/mol. The number of pyridine rings is 1. The van der Waals surface area contributed by atoms with E-state index in [0.29, 0.717) is 36.3 Å². The summed E-state index contributed by atoms with van der Waals surface area (Å²) in [5.41, 5.74) is 0.387. The summed E-state index contributed by atoms with van der Waals surface area (Å²) in [5.74, 6) is 0.273. The van der Waals surface area contributed by atoms with Crippen LogP contribution in [0.1, 0.15) is 24.2 Å². The molecule has 0 atom stereocenters. The zero-order valence-corrected chi connectivity index (χ0v) is 10.8. The Kier molecular flexibility index (Phi) is 5.94. The zero-order chi connectivity index (χ0) is 12.7. The van der Waals surface area contributed by atoms with Crippen molar-refractivity contribution in [2.24, 2.45) is 5.92 Å². The summed E-state index contributed by atoms with van der Waals surface area (Å²) in [5, 5.41) is 3.13. The van der Waals surface area contributed by atoms with Crippen LogP contribution in [0.25, 0.3) is 0 Å². The minimum Gasteiger partial charge on any atom is -0.379 e. The van der Waals surface area contributed by atoms with Crippen molar-refractivity contribution >= 4 is 17.5 Å². The minimum absolute atomic E-state index is 0.226. The number of carbonyl (C=O) groups excluding carboxylic acids is 1. The molecule has 17 heavy (non-hydrogen) atoms. The fourth-order valence-electron chi connectivity index (χ4n) is 1.20. The quantitative estimate of drug-likeness (QED) is 0.794. The predicted octanol–water partition coefficient (Wildman–Crippen LogP) is 2.14. The fraction of sp³-hybridized carbons (Fsp3) is 0.500. The van der Waals surface area contributed by atoms with E-state index >= 15 is 0 Å². The molecule has 0 fully saturated rings. The molecule has 1 amide bonds. The molecule has 4 nitrogen and oxygen atoms in total. The summed E-state index contributed by atoms with van der Waals surface area (Å²) in [6, 6.07) is 1.59. The molecule has 0 aliphatic heterocycles. The van der Waals surface area contributed by atoms with E-state index in [0.717, 1.165) is 0 Å². The fourth-order valence-corrected chi connectivity index (χ4v) is 1.39. The average molecular weight is 257 g/mol. The Hall–Kier alpha value is -1.13. The third-order valence-electron chi connectivity index (χ3n) is 2.00. The number of ether oxygens (including phenoxy) is 1. The summed E-state index contributed by atoms with van der Waals surface area (Å²) in [7, 11) is 0. The monoisotopic (exact) mass is 256 g/mol. The maximum Gasteiger partial charge on any atom is 0.254 e. The molecule has 0 bridgehead atoms. The van der Waals surface area contributed by atoms with E-state index in [2.05, 4.69) is 24.1 Å². The molecule has 0 aliphatic carbocycles. The van der Waals surface area contributed by atoms with Gasteiger partial charge in [-0.2, -0.15) is 0 Å². The molecular formula is C12H17ClN2O2. The van der Waals surface area contributed by atoms with Crippen molar-refractivity contribution in [3.8, 4) is 0 Å². The molecule has 94 valence electrons. The van der Waals surface area contributed by atoms with Gasteiger partial charge in [-0.3, -0.25) is 9.78 Å². The number of halogens is 1. The Morgan fingerprint density at radius 2 is 2.35 bits per heavy atom. The highest BCUT2D eigenvalue weighted by molar-refractivity contribution is 6.33. The molecular weight excluding hydrogens is 240 g/mol. The number of hydrogen-bond acceptors (Lipinski definition) is 3. The number of aromatic nitrogens is 1. The second-order valence-corrected chi connectivity index (χ2v) is 4.49. The van der Waals surface area contributed by atoms with Crippen LogP contribution < -0.4 is 5.32 Å². The summed E-state index contributed by atoms with van der Waals surface area (Å²) in [6.07, 6.45) is 3.00. The maximum atomic E-state index is 11.7. The van der Waals surface area contributed by atoms with E-state index in [4.69, 9.17) is 16.3 Å². The van der Waals surface area contributed by atoms with Gasteiger partial charge in [0.2, 0.25) is 0 Å². The summed E-state index contributed by atoms with van der Waals surface area (Å²) < 4.78 is 5.35. The molecule has 0 aromatic carbocycles. The molecule has 1 aromatic rings. The summed E-state index contributed by atoms with van der Waals surface area (Å²) in [6.45, 7) is 5.82. The normalized spacial score (nSPS) is 10.6. The first kappa shape index (κ1) is 13.9. The van der Waals surface area contributed by atoms with Crippen LogP contribution in [0.2, 0.25) is 5.02 Å². The number of nitrogens with zero attached hydrogens (tertiary/aromatic N) is 1. The van der Waals surface area contributed by atoms with E-state index < -0.39 is 0 Å². The largest absolute Gasteiger partial charge is 0.379 e. The number of carbonyl (C=O) groups is 1. The smallest absolute Gasteiger partial charge is 0.254 e. The standard InChI is InChI=1S/C12H17ClN2O2/c1-9(2)8-17-6-5-15-12(16)10-7-14-4-3-11(10)13/h3-4,7,9H,5-6,8H2,1-2H3,(H,15,16). The number of nitrogens with one attached hydrogen (secondary N) is 1. The van der Waals surface area contributed by atoms with Gasteiger partial charge in [0.25, 0.3) is 5.91 Å².